The van der Waals surface area contributed by atoms with Crippen LogP contribution in [-0.4, -0.2) is 55.0 Å². The van der Waals surface area contributed by atoms with E-state index in [0.717, 1.165) is 51.6 Å². The zero-order valence-electron chi connectivity index (χ0n) is 32.3. The van der Waals surface area contributed by atoms with Gasteiger partial charge in [0.2, 0.25) is 0 Å². The fraction of sp³-hybridized carbons (Fsp3) is 0.897. The van der Waals surface area contributed by atoms with Crippen molar-refractivity contribution in [2.24, 2.45) is 5.73 Å². The number of quaternary nitrogens is 2. The number of carbonyl (C=O) groups excluding carboxylic acids is 2. The summed E-state index contributed by atoms with van der Waals surface area (Å²) in [6.07, 6.45) is 33.1. The molecule has 10 N–H and O–H groups in total. The van der Waals surface area contributed by atoms with Crippen LogP contribution >= 0.6 is 0 Å². The van der Waals surface area contributed by atoms with Gasteiger partial charge in [0, 0.05) is 39.0 Å². The predicted octanol–water partition coefficient (Wildman–Crippen LogP) is 0.752. The maximum absolute atomic E-state index is 13.5. The molecule has 0 bridgehead atoms. The van der Waals surface area contributed by atoms with Gasteiger partial charge in [0.1, 0.15) is 0 Å². The van der Waals surface area contributed by atoms with Crippen molar-refractivity contribution >= 4 is 11.8 Å². The summed E-state index contributed by atoms with van der Waals surface area (Å²) in [5.74, 6) is 0.659. The van der Waals surface area contributed by atoms with E-state index in [0.29, 0.717) is 25.3 Å². The van der Waals surface area contributed by atoms with E-state index in [-0.39, 0.29) is 48.7 Å². The highest BCUT2D eigenvalue weighted by molar-refractivity contribution is 5.80. The van der Waals surface area contributed by atoms with Crippen molar-refractivity contribution in [1.82, 2.24) is 15.5 Å². The number of nitrogens with zero attached hydrogens (tertiary/aromatic N) is 1. The van der Waals surface area contributed by atoms with Crippen molar-refractivity contribution in [3.8, 4) is 0 Å². The highest BCUT2D eigenvalue weighted by Crippen LogP contribution is 2.14. The number of unbranched alkanes of at least 4 members (excludes halogenated alkanes) is 21. The van der Waals surface area contributed by atoms with E-state index >= 15 is 0 Å². The van der Waals surface area contributed by atoms with Crippen molar-refractivity contribution in [3.05, 3.63) is 12.4 Å². The number of rotatable bonds is 36. The highest BCUT2D eigenvalue weighted by atomic mass is 35.5. The Labute approximate surface area is 315 Å². The van der Waals surface area contributed by atoms with Crippen LogP contribution in [0.5, 0.6) is 0 Å². The number of carbonyl (C=O) groups is 2. The Morgan fingerprint density at radius 1 is 0.551 bits per heavy atom. The number of hydrogen-bond donors (Lipinski definition) is 5. The number of amides is 2. The van der Waals surface area contributed by atoms with Gasteiger partial charge in [-0.2, -0.15) is 0 Å². The molecule has 0 aromatic rings. The van der Waals surface area contributed by atoms with Crippen molar-refractivity contribution in [3.63, 3.8) is 0 Å². The van der Waals surface area contributed by atoms with Crippen LogP contribution < -0.4 is 52.6 Å². The number of nitrogens with two attached hydrogens (primary N) is 1. The first-order valence-electron chi connectivity index (χ1n) is 20.2. The Hall–Kier alpha value is -1.22. The molecule has 0 aromatic heterocycles. The van der Waals surface area contributed by atoms with Gasteiger partial charge in [0.15, 0.2) is 12.1 Å². The lowest BCUT2D eigenvalue weighted by Gasteiger charge is -2.24. The van der Waals surface area contributed by atoms with E-state index in [1.165, 1.54) is 128 Å². The van der Waals surface area contributed by atoms with Crippen molar-refractivity contribution in [2.45, 2.75) is 199 Å². The zero-order valence-corrected chi connectivity index (χ0v) is 33.8. The van der Waals surface area contributed by atoms with Gasteiger partial charge in [-0.1, -0.05) is 149 Å². The van der Waals surface area contributed by atoms with Gasteiger partial charge in [0.25, 0.3) is 11.8 Å². The molecule has 2 unspecified atom stereocenters. The average Bonchev–Trinajstić information content (AvgIpc) is 3.06. The van der Waals surface area contributed by atoms with Crippen molar-refractivity contribution < 1.29 is 45.9 Å². The third kappa shape index (κ3) is 35.0. The molecule has 294 valence electrons. The van der Waals surface area contributed by atoms with E-state index in [1.807, 2.05) is 0 Å². The summed E-state index contributed by atoms with van der Waals surface area (Å²) in [4.78, 5) is 27.9. The van der Waals surface area contributed by atoms with Crippen LogP contribution in [0.3, 0.4) is 0 Å². The second-order valence-corrected chi connectivity index (χ2v) is 14.2. The molecule has 0 aliphatic carbocycles. The summed E-state index contributed by atoms with van der Waals surface area (Å²) in [5, 5.41) is 5.98. The zero-order chi connectivity index (χ0) is 34.8. The van der Waals surface area contributed by atoms with Gasteiger partial charge >= 0.3 is 0 Å². The first-order valence-corrected chi connectivity index (χ1v) is 20.2. The van der Waals surface area contributed by atoms with Crippen molar-refractivity contribution in [2.75, 3.05) is 26.2 Å². The van der Waals surface area contributed by atoms with Gasteiger partial charge in [-0.15, -0.1) is 0 Å². The van der Waals surface area contributed by atoms with Gasteiger partial charge in [-0.05, 0) is 32.1 Å². The minimum Gasteiger partial charge on any atom is -1.00 e. The number of nitrogens with one attached hydrogen (secondary N) is 2. The van der Waals surface area contributed by atoms with E-state index in [1.54, 1.807) is 0 Å². The molecular weight excluding hydrogens is 655 g/mol. The normalized spacial score (nSPS) is 12.0. The number of hydrogen-bond acceptors (Lipinski definition) is 4. The highest BCUT2D eigenvalue weighted by Gasteiger charge is 2.23. The molecule has 2 amide bonds. The summed E-state index contributed by atoms with van der Waals surface area (Å²) >= 11 is 0. The molecule has 0 fully saturated rings. The molecular formula is C39H82Cl2N6O2. The molecule has 0 heterocycles. The molecule has 10 heteroatoms. The van der Waals surface area contributed by atoms with E-state index < -0.39 is 0 Å². The molecule has 0 spiro atoms. The Morgan fingerprint density at radius 3 is 1.33 bits per heavy atom. The summed E-state index contributed by atoms with van der Waals surface area (Å²) < 4.78 is 0. The minimum absolute atomic E-state index is 0. The molecule has 0 aliphatic rings. The van der Waals surface area contributed by atoms with Gasteiger partial charge in [0.05, 0.1) is 5.82 Å². The molecule has 8 nitrogen and oxygen atoms in total. The van der Waals surface area contributed by atoms with Crippen LogP contribution in [0.25, 0.3) is 0 Å². The molecule has 0 saturated carbocycles. The topological polar surface area (TPSA) is 143 Å². The number of halogens is 2. The van der Waals surface area contributed by atoms with Crippen LogP contribution in [0.15, 0.2) is 12.4 Å². The molecule has 0 radical (unpaired) electrons. The predicted molar refractivity (Wildman–Crippen MR) is 200 cm³/mol. The van der Waals surface area contributed by atoms with Crippen LogP contribution in [0, 0.1) is 0 Å². The van der Waals surface area contributed by atoms with Gasteiger partial charge in [-0.3, -0.25) is 9.59 Å². The Bertz CT molecular complexity index is 746. The quantitative estimate of drug-likeness (QED) is 0.0606. The van der Waals surface area contributed by atoms with Crippen molar-refractivity contribution in [1.29, 1.82) is 0 Å². The second kappa shape index (κ2) is 39.6. The summed E-state index contributed by atoms with van der Waals surface area (Å²) in [7, 11) is 0. The average molecular weight is 738 g/mol. The maximum atomic E-state index is 13.5. The van der Waals surface area contributed by atoms with E-state index in [2.05, 4.69) is 47.4 Å². The van der Waals surface area contributed by atoms with Gasteiger partial charge in [-0.25, -0.2) is 0 Å². The summed E-state index contributed by atoms with van der Waals surface area (Å²) in [6.45, 7) is 11.2. The standard InChI is InChI=1S/C39H80N6O2.2ClH/c1-4-6-8-10-12-14-16-17-19-21-23-27-34-45(33-26-22-20-18-15-13-11-9-7-5-2)39(47)37(42)29-24-25-31-44-38(46)36(41)30-28-32-43-35(3)40;;/h36-37,43H,3-34,40-42H2,1-2H3,(H,44,46);2*1H. The van der Waals surface area contributed by atoms with E-state index in [4.69, 9.17) is 5.73 Å². The van der Waals surface area contributed by atoms with Crippen LogP contribution in [0.1, 0.15) is 187 Å². The Balaban J connectivity index is -0.0000106. The summed E-state index contributed by atoms with van der Waals surface area (Å²) in [6, 6.07) is -0.485. The van der Waals surface area contributed by atoms with Crippen LogP contribution in [-0.2, 0) is 9.59 Å². The first kappa shape index (κ1) is 52.1. The largest absolute Gasteiger partial charge is 1.00 e. The molecule has 49 heavy (non-hydrogen) atoms. The minimum atomic E-state index is -0.273. The monoisotopic (exact) mass is 737 g/mol. The lowest BCUT2D eigenvalue weighted by molar-refractivity contribution is -0.407. The molecule has 0 aromatic carbocycles. The Kier molecular flexibility index (Phi) is 42.1. The third-order valence-electron chi connectivity index (χ3n) is 9.45. The first-order chi connectivity index (χ1) is 22.8. The molecule has 0 saturated heterocycles. The molecule has 0 aliphatic heterocycles. The van der Waals surface area contributed by atoms with Crippen LogP contribution in [0.2, 0.25) is 0 Å². The SMILES string of the molecule is C=C(N)NCCCC([NH3+])C(=O)NCCCCC([NH3+])C(=O)N(CCCCCCCCCCCC)CCCCCCCCCCCCCC.[Cl-].[Cl-]. The second-order valence-electron chi connectivity index (χ2n) is 14.2. The lowest BCUT2D eigenvalue weighted by Crippen LogP contribution is -3.00. The fourth-order valence-electron chi connectivity index (χ4n) is 6.25. The smallest absolute Gasteiger partial charge is 0.280 e. The lowest BCUT2D eigenvalue weighted by atomic mass is 10.0. The third-order valence-corrected chi connectivity index (χ3v) is 9.45. The van der Waals surface area contributed by atoms with Crippen LogP contribution in [0.4, 0.5) is 0 Å². The molecule has 2 atom stereocenters. The Morgan fingerprint density at radius 2 is 0.918 bits per heavy atom. The molecule has 0 rings (SSSR count). The maximum Gasteiger partial charge on any atom is 0.280 e. The summed E-state index contributed by atoms with van der Waals surface area (Å²) in [5.41, 5.74) is 13.8. The van der Waals surface area contributed by atoms with E-state index in [9.17, 15) is 9.59 Å². The fourth-order valence-corrected chi connectivity index (χ4v) is 6.25. The van der Waals surface area contributed by atoms with Gasteiger partial charge < -0.3 is 57.5 Å².